The maximum absolute atomic E-state index is 12.5. The number of aryl methyl sites for hydroxylation is 2. The number of carbonyl (C=O) groups is 2. The van der Waals surface area contributed by atoms with E-state index in [0.29, 0.717) is 25.3 Å². The summed E-state index contributed by atoms with van der Waals surface area (Å²) in [5, 5.41) is 2.88. The van der Waals surface area contributed by atoms with Crippen LogP contribution in [-0.2, 0) is 4.79 Å². The highest BCUT2D eigenvalue weighted by molar-refractivity contribution is 7.99. The zero-order valence-corrected chi connectivity index (χ0v) is 14.4. The first-order chi connectivity index (χ1) is 11.0. The molecule has 0 aliphatic carbocycles. The molecule has 1 aromatic carbocycles. The van der Waals surface area contributed by atoms with Crippen LogP contribution in [0.3, 0.4) is 0 Å². The number of nitrogens with zero attached hydrogens (tertiary/aromatic N) is 1. The molecule has 0 aromatic heterocycles. The summed E-state index contributed by atoms with van der Waals surface area (Å²) < 4.78 is 5.74. The fourth-order valence-electron chi connectivity index (χ4n) is 3.14. The molecular weight excluding hydrogens is 312 g/mol. The summed E-state index contributed by atoms with van der Waals surface area (Å²) >= 11 is 1.72. The van der Waals surface area contributed by atoms with Crippen molar-refractivity contribution in [2.45, 2.75) is 32.2 Å². The van der Waals surface area contributed by atoms with Crippen LogP contribution in [0.15, 0.2) is 18.2 Å². The Morgan fingerprint density at radius 2 is 2.00 bits per heavy atom. The van der Waals surface area contributed by atoms with Crippen LogP contribution < -0.4 is 10.1 Å². The molecular formula is C17H22N2O3S. The van der Waals surface area contributed by atoms with E-state index >= 15 is 0 Å². The van der Waals surface area contributed by atoms with Gasteiger partial charge >= 0.3 is 6.03 Å². The van der Waals surface area contributed by atoms with Gasteiger partial charge in [0.2, 0.25) is 0 Å². The summed E-state index contributed by atoms with van der Waals surface area (Å²) in [6.07, 6.45) is 1.37. The van der Waals surface area contributed by atoms with Crippen LogP contribution in [0.2, 0.25) is 0 Å². The molecule has 0 bridgehead atoms. The number of ether oxygens (including phenoxy) is 1. The van der Waals surface area contributed by atoms with E-state index in [1.165, 1.54) is 4.90 Å². The predicted molar refractivity (Wildman–Crippen MR) is 90.9 cm³/mol. The molecule has 2 aliphatic rings. The first-order valence-corrected chi connectivity index (χ1v) is 9.09. The predicted octanol–water partition coefficient (Wildman–Crippen LogP) is 2.50. The number of benzene rings is 1. The lowest BCUT2D eigenvalue weighted by molar-refractivity contribution is -0.130. The third kappa shape index (κ3) is 3.32. The molecule has 2 heterocycles. The van der Waals surface area contributed by atoms with Crippen molar-refractivity contribution < 1.29 is 14.3 Å². The maximum atomic E-state index is 12.5. The second-order valence-electron chi connectivity index (χ2n) is 6.30. The molecule has 2 saturated heterocycles. The second-order valence-corrected chi connectivity index (χ2v) is 7.40. The zero-order chi connectivity index (χ0) is 16.4. The van der Waals surface area contributed by atoms with Gasteiger partial charge in [-0.05, 0) is 55.7 Å². The number of thioether (sulfide) groups is 1. The average molecular weight is 334 g/mol. The van der Waals surface area contributed by atoms with Crippen LogP contribution in [-0.4, -0.2) is 47.0 Å². The molecule has 23 heavy (non-hydrogen) atoms. The van der Waals surface area contributed by atoms with Gasteiger partial charge in [0.05, 0.1) is 6.61 Å². The molecule has 1 N–H and O–H groups in total. The summed E-state index contributed by atoms with van der Waals surface area (Å²) in [7, 11) is 0. The number of imide groups is 1. The first-order valence-electron chi connectivity index (χ1n) is 7.93. The average Bonchev–Trinajstić information content (AvgIpc) is 3.03. The standard InChI is InChI=1S/C17H22N2O3S/c1-12-8-13(2)10-14(9-12)22-6-3-5-19-15(20)17(18-16(19)21)4-7-23-11-17/h8-10H,3-7,11H2,1-2H3,(H,18,21). The fourth-order valence-corrected chi connectivity index (χ4v) is 4.47. The van der Waals surface area contributed by atoms with Crippen molar-refractivity contribution in [2.24, 2.45) is 0 Å². The van der Waals surface area contributed by atoms with Crippen LogP contribution >= 0.6 is 11.8 Å². The largest absolute Gasteiger partial charge is 0.494 e. The van der Waals surface area contributed by atoms with E-state index in [4.69, 9.17) is 4.74 Å². The number of amides is 3. The van der Waals surface area contributed by atoms with Crippen molar-refractivity contribution >= 4 is 23.7 Å². The highest BCUT2D eigenvalue weighted by Gasteiger charge is 2.52. The van der Waals surface area contributed by atoms with Gasteiger partial charge in [-0.15, -0.1) is 0 Å². The Hall–Kier alpha value is -1.69. The van der Waals surface area contributed by atoms with Gasteiger partial charge in [0.1, 0.15) is 11.3 Å². The Labute approximate surface area is 140 Å². The maximum Gasteiger partial charge on any atom is 0.325 e. The Morgan fingerprint density at radius 1 is 1.26 bits per heavy atom. The van der Waals surface area contributed by atoms with E-state index in [1.54, 1.807) is 11.8 Å². The molecule has 1 spiro atoms. The normalized spacial score (nSPS) is 23.7. The Kier molecular flexibility index (Phi) is 4.53. The second kappa shape index (κ2) is 6.43. The quantitative estimate of drug-likeness (QED) is 0.664. The Balaban J connectivity index is 1.51. The van der Waals surface area contributed by atoms with Crippen LogP contribution in [0.1, 0.15) is 24.0 Å². The minimum atomic E-state index is -0.643. The van der Waals surface area contributed by atoms with Crippen molar-refractivity contribution in [3.05, 3.63) is 29.3 Å². The van der Waals surface area contributed by atoms with E-state index in [0.717, 1.165) is 29.1 Å². The number of urea groups is 1. The SMILES string of the molecule is Cc1cc(C)cc(OCCCN2C(=O)NC3(CCSC3)C2=O)c1. The van der Waals surface area contributed by atoms with Gasteiger partial charge in [0, 0.05) is 12.3 Å². The van der Waals surface area contributed by atoms with Gasteiger partial charge in [0.25, 0.3) is 5.91 Å². The van der Waals surface area contributed by atoms with Crippen LogP contribution in [0, 0.1) is 13.8 Å². The first kappa shape index (κ1) is 16.2. The van der Waals surface area contributed by atoms with Gasteiger partial charge in [-0.1, -0.05) is 6.07 Å². The smallest absolute Gasteiger partial charge is 0.325 e. The highest BCUT2D eigenvalue weighted by atomic mass is 32.2. The Morgan fingerprint density at radius 3 is 2.65 bits per heavy atom. The molecule has 2 aliphatic heterocycles. The minimum absolute atomic E-state index is 0.0705. The van der Waals surface area contributed by atoms with Gasteiger partial charge in [-0.3, -0.25) is 9.69 Å². The fraction of sp³-hybridized carbons (Fsp3) is 0.529. The number of hydrogen-bond acceptors (Lipinski definition) is 4. The molecule has 1 aromatic rings. The lowest BCUT2D eigenvalue weighted by Gasteiger charge is -2.19. The number of nitrogens with one attached hydrogen (secondary N) is 1. The topological polar surface area (TPSA) is 58.6 Å². The molecule has 3 amide bonds. The van der Waals surface area contributed by atoms with Crippen LogP contribution in [0.25, 0.3) is 0 Å². The molecule has 6 heteroatoms. The molecule has 124 valence electrons. The molecule has 2 fully saturated rings. The van der Waals surface area contributed by atoms with Crippen LogP contribution in [0.4, 0.5) is 4.79 Å². The molecule has 3 rings (SSSR count). The minimum Gasteiger partial charge on any atom is -0.494 e. The van der Waals surface area contributed by atoms with E-state index < -0.39 is 5.54 Å². The molecule has 0 saturated carbocycles. The van der Waals surface area contributed by atoms with E-state index in [2.05, 4.69) is 11.4 Å². The Bertz CT molecular complexity index is 606. The van der Waals surface area contributed by atoms with Gasteiger partial charge in [0.15, 0.2) is 0 Å². The van der Waals surface area contributed by atoms with Gasteiger partial charge < -0.3 is 10.1 Å². The number of hydrogen-bond donors (Lipinski definition) is 1. The summed E-state index contributed by atoms with van der Waals surface area (Å²) in [5.41, 5.74) is 1.68. The lowest BCUT2D eigenvalue weighted by atomic mass is 9.99. The van der Waals surface area contributed by atoms with Crippen molar-refractivity contribution in [3.8, 4) is 5.75 Å². The van der Waals surface area contributed by atoms with Crippen LogP contribution in [0.5, 0.6) is 5.75 Å². The monoisotopic (exact) mass is 334 g/mol. The number of carbonyl (C=O) groups excluding carboxylic acids is 2. The lowest BCUT2D eigenvalue weighted by Crippen LogP contribution is -2.47. The zero-order valence-electron chi connectivity index (χ0n) is 13.6. The van der Waals surface area contributed by atoms with E-state index in [-0.39, 0.29) is 11.9 Å². The van der Waals surface area contributed by atoms with E-state index in [9.17, 15) is 9.59 Å². The highest BCUT2D eigenvalue weighted by Crippen LogP contribution is 2.33. The molecule has 1 atom stereocenters. The van der Waals surface area contributed by atoms with Crippen molar-refractivity contribution in [2.75, 3.05) is 24.7 Å². The third-order valence-corrected chi connectivity index (χ3v) is 5.45. The summed E-state index contributed by atoms with van der Waals surface area (Å²) in [4.78, 5) is 25.9. The van der Waals surface area contributed by atoms with Gasteiger partial charge in [-0.2, -0.15) is 11.8 Å². The van der Waals surface area contributed by atoms with Crippen molar-refractivity contribution in [3.63, 3.8) is 0 Å². The summed E-state index contributed by atoms with van der Waals surface area (Å²) in [5.74, 6) is 2.38. The molecule has 5 nitrogen and oxygen atoms in total. The van der Waals surface area contributed by atoms with Crippen molar-refractivity contribution in [1.29, 1.82) is 0 Å². The van der Waals surface area contributed by atoms with Crippen molar-refractivity contribution in [1.82, 2.24) is 10.2 Å². The van der Waals surface area contributed by atoms with E-state index in [1.807, 2.05) is 26.0 Å². The van der Waals surface area contributed by atoms with Gasteiger partial charge in [-0.25, -0.2) is 4.79 Å². The molecule has 0 radical (unpaired) electrons. The number of rotatable bonds is 5. The summed E-state index contributed by atoms with van der Waals surface area (Å²) in [6, 6.07) is 5.82. The summed E-state index contributed by atoms with van der Waals surface area (Å²) in [6.45, 7) is 4.96. The molecule has 1 unspecified atom stereocenters. The third-order valence-electron chi connectivity index (χ3n) is 4.26.